The lowest BCUT2D eigenvalue weighted by atomic mass is 10.0. The van der Waals surface area contributed by atoms with Crippen LogP contribution in [0, 0.1) is 5.92 Å². The minimum atomic E-state index is -1.56. The van der Waals surface area contributed by atoms with Crippen molar-refractivity contribution < 1.29 is 23.9 Å². The SMILES string of the molecule is NC(=O)C(NC(=O)NC(c1ccc2c(c1)OCCO2)C1CC1)C(N)=O. The van der Waals surface area contributed by atoms with E-state index in [1.807, 2.05) is 12.1 Å². The third-order valence-electron chi connectivity index (χ3n) is 4.15. The van der Waals surface area contributed by atoms with Gasteiger partial charge in [-0.3, -0.25) is 9.59 Å². The van der Waals surface area contributed by atoms with Gasteiger partial charge >= 0.3 is 6.03 Å². The Morgan fingerprint density at radius 2 is 1.64 bits per heavy atom. The number of carbonyl (C=O) groups is 3. The molecule has 0 spiro atoms. The van der Waals surface area contributed by atoms with Crippen molar-refractivity contribution >= 4 is 17.8 Å². The van der Waals surface area contributed by atoms with Crippen molar-refractivity contribution in [1.29, 1.82) is 0 Å². The van der Waals surface area contributed by atoms with Crippen LogP contribution in [-0.4, -0.2) is 37.1 Å². The first-order chi connectivity index (χ1) is 12.0. The van der Waals surface area contributed by atoms with Crippen LogP contribution in [0.5, 0.6) is 11.5 Å². The molecule has 3 rings (SSSR count). The van der Waals surface area contributed by atoms with Crippen LogP contribution in [0.2, 0.25) is 0 Å². The normalized spacial score (nSPS) is 16.8. The van der Waals surface area contributed by atoms with Crippen molar-refractivity contribution in [3.05, 3.63) is 23.8 Å². The molecule has 1 heterocycles. The van der Waals surface area contributed by atoms with Crippen LogP contribution in [0.3, 0.4) is 0 Å². The monoisotopic (exact) mass is 348 g/mol. The van der Waals surface area contributed by atoms with Crippen LogP contribution in [-0.2, 0) is 9.59 Å². The summed E-state index contributed by atoms with van der Waals surface area (Å²) < 4.78 is 11.1. The molecule has 9 heteroatoms. The summed E-state index contributed by atoms with van der Waals surface area (Å²) >= 11 is 0. The van der Waals surface area contributed by atoms with Gasteiger partial charge in [-0.05, 0) is 36.5 Å². The summed E-state index contributed by atoms with van der Waals surface area (Å²) in [5.41, 5.74) is 11.0. The molecule has 25 heavy (non-hydrogen) atoms. The summed E-state index contributed by atoms with van der Waals surface area (Å²) in [5, 5.41) is 4.99. The standard InChI is InChI=1S/C16H20N4O5/c17-14(21)13(15(18)22)20-16(23)19-12(8-1-2-8)9-3-4-10-11(7-9)25-6-5-24-10/h3-4,7-8,12-13H,1-2,5-6H2,(H2,17,21)(H2,18,22)(H2,19,20,23). The van der Waals surface area contributed by atoms with E-state index in [0.717, 1.165) is 18.4 Å². The van der Waals surface area contributed by atoms with Gasteiger partial charge in [0.25, 0.3) is 0 Å². The summed E-state index contributed by atoms with van der Waals surface area (Å²) in [7, 11) is 0. The van der Waals surface area contributed by atoms with Crippen LogP contribution in [0.1, 0.15) is 24.4 Å². The lowest BCUT2D eigenvalue weighted by molar-refractivity contribution is -0.128. The van der Waals surface area contributed by atoms with Crippen LogP contribution in [0.25, 0.3) is 0 Å². The molecule has 9 nitrogen and oxygen atoms in total. The molecule has 1 unspecified atom stereocenters. The number of primary amides is 2. The van der Waals surface area contributed by atoms with E-state index < -0.39 is 23.9 Å². The number of hydrogen-bond donors (Lipinski definition) is 4. The predicted octanol–water partition coefficient (Wildman–Crippen LogP) is -0.453. The van der Waals surface area contributed by atoms with Crippen LogP contribution in [0.15, 0.2) is 18.2 Å². The van der Waals surface area contributed by atoms with Crippen molar-refractivity contribution in [2.24, 2.45) is 17.4 Å². The third-order valence-corrected chi connectivity index (χ3v) is 4.15. The second kappa shape index (κ2) is 6.88. The van der Waals surface area contributed by atoms with E-state index >= 15 is 0 Å². The molecule has 1 fully saturated rings. The van der Waals surface area contributed by atoms with E-state index in [9.17, 15) is 14.4 Å². The highest BCUT2D eigenvalue weighted by Gasteiger charge is 2.35. The molecule has 0 saturated heterocycles. The largest absolute Gasteiger partial charge is 0.486 e. The highest BCUT2D eigenvalue weighted by molar-refractivity contribution is 6.05. The highest BCUT2D eigenvalue weighted by atomic mass is 16.6. The molecular weight excluding hydrogens is 328 g/mol. The molecule has 4 amide bonds. The maximum absolute atomic E-state index is 12.2. The number of rotatable bonds is 6. The molecule has 134 valence electrons. The minimum Gasteiger partial charge on any atom is -0.486 e. The van der Waals surface area contributed by atoms with E-state index in [-0.39, 0.29) is 12.0 Å². The van der Waals surface area contributed by atoms with Crippen molar-refractivity contribution in [3.8, 4) is 11.5 Å². The number of hydrogen-bond acceptors (Lipinski definition) is 5. The van der Waals surface area contributed by atoms with Gasteiger partial charge in [0.05, 0.1) is 6.04 Å². The molecule has 0 radical (unpaired) electrons. The lowest BCUT2D eigenvalue weighted by Crippen LogP contribution is -2.55. The average Bonchev–Trinajstić information content (AvgIpc) is 3.41. The summed E-state index contributed by atoms with van der Waals surface area (Å²) in [4.78, 5) is 34.5. The summed E-state index contributed by atoms with van der Waals surface area (Å²) in [6.45, 7) is 0.970. The molecule has 1 saturated carbocycles. The van der Waals surface area contributed by atoms with Gasteiger partial charge in [-0.25, -0.2) is 4.79 Å². The Bertz CT molecular complexity index is 690. The Labute approximate surface area is 144 Å². The fraction of sp³-hybridized carbons (Fsp3) is 0.438. The Hall–Kier alpha value is -2.97. The Morgan fingerprint density at radius 3 is 2.24 bits per heavy atom. The van der Waals surface area contributed by atoms with Gasteiger partial charge in [0, 0.05) is 0 Å². The van der Waals surface area contributed by atoms with Crippen molar-refractivity contribution in [2.75, 3.05) is 13.2 Å². The zero-order chi connectivity index (χ0) is 18.0. The predicted molar refractivity (Wildman–Crippen MR) is 86.7 cm³/mol. The van der Waals surface area contributed by atoms with Crippen molar-refractivity contribution in [3.63, 3.8) is 0 Å². The van der Waals surface area contributed by atoms with Gasteiger partial charge in [0.15, 0.2) is 17.5 Å². The molecule has 1 aliphatic carbocycles. The van der Waals surface area contributed by atoms with Gasteiger partial charge in [-0.2, -0.15) is 0 Å². The highest BCUT2D eigenvalue weighted by Crippen LogP contribution is 2.43. The van der Waals surface area contributed by atoms with Gasteiger partial charge < -0.3 is 31.6 Å². The first kappa shape index (κ1) is 16.9. The van der Waals surface area contributed by atoms with E-state index in [0.29, 0.717) is 24.7 Å². The van der Waals surface area contributed by atoms with E-state index in [1.54, 1.807) is 6.07 Å². The fourth-order valence-corrected chi connectivity index (χ4v) is 2.75. The molecule has 6 N–H and O–H groups in total. The van der Waals surface area contributed by atoms with Gasteiger partial charge in [-0.15, -0.1) is 0 Å². The Balaban J connectivity index is 1.72. The zero-order valence-corrected chi connectivity index (χ0v) is 13.5. The molecule has 0 bridgehead atoms. The van der Waals surface area contributed by atoms with Crippen molar-refractivity contribution in [1.82, 2.24) is 10.6 Å². The molecule has 2 aliphatic rings. The van der Waals surface area contributed by atoms with Gasteiger partial charge in [0.1, 0.15) is 13.2 Å². The number of ether oxygens (including phenoxy) is 2. The second-order valence-corrected chi connectivity index (χ2v) is 6.07. The number of urea groups is 1. The van der Waals surface area contributed by atoms with Gasteiger partial charge in [0.2, 0.25) is 11.8 Å². The first-order valence-electron chi connectivity index (χ1n) is 8.01. The maximum Gasteiger partial charge on any atom is 0.316 e. The van der Waals surface area contributed by atoms with Crippen LogP contribution in [0.4, 0.5) is 4.79 Å². The molecular formula is C16H20N4O5. The lowest BCUT2D eigenvalue weighted by Gasteiger charge is -2.23. The van der Waals surface area contributed by atoms with Crippen molar-refractivity contribution in [2.45, 2.75) is 24.9 Å². The average molecular weight is 348 g/mol. The first-order valence-corrected chi connectivity index (χ1v) is 8.01. The quantitative estimate of drug-likeness (QED) is 0.514. The molecule has 1 aromatic carbocycles. The Kier molecular flexibility index (Phi) is 4.64. The van der Waals surface area contributed by atoms with Crippen LogP contribution >= 0.6 is 0 Å². The number of nitrogens with two attached hydrogens (primary N) is 2. The van der Waals surface area contributed by atoms with E-state index in [1.165, 1.54) is 0 Å². The fourth-order valence-electron chi connectivity index (χ4n) is 2.75. The maximum atomic E-state index is 12.2. The second-order valence-electron chi connectivity index (χ2n) is 6.07. The third kappa shape index (κ3) is 3.93. The summed E-state index contributed by atoms with van der Waals surface area (Å²) in [5.74, 6) is -0.455. The Morgan fingerprint density at radius 1 is 1.00 bits per heavy atom. The number of benzene rings is 1. The molecule has 1 aromatic rings. The zero-order valence-electron chi connectivity index (χ0n) is 13.5. The number of fused-ring (bicyclic) bond motifs is 1. The summed E-state index contributed by atoms with van der Waals surface area (Å²) in [6.07, 6.45) is 1.93. The topological polar surface area (TPSA) is 146 Å². The van der Waals surface area contributed by atoms with E-state index in [2.05, 4.69) is 10.6 Å². The number of nitrogens with one attached hydrogen (secondary N) is 2. The van der Waals surface area contributed by atoms with Crippen LogP contribution < -0.4 is 31.6 Å². The number of amides is 4. The molecule has 1 atom stereocenters. The molecule has 0 aromatic heterocycles. The summed E-state index contributed by atoms with van der Waals surface area (Å²) in [6, 6.07) is 2.97. The van der Waals surface area contributed by atoms with E-state index in [4.69, 9.17) is 20.9 Å². The smallest absolute Gasteiger partial charge is 0.316 e. The molecule has 1 aliphatic heterocycles. The van der Waals surface area contributed by atoms with Gasteiger partial charge in [-0.1, -0.05) is 6.07 Å². The minimum absolute atomic E-state index is 0.272. The number of carbonyl (C=O) groups excluding carboxylic acids is 3.